The number of hydrogen-bond acceptors (Lipinski definition) is 2. The van der Waals surface area contributed by atoms with Crippen molar-refractivity contribution in [1.29, 1.82) is 0 Å². The molecule has 4 heteroatoms. The highest BCUT2D eigenvalue weighted by molar-refractivity contribution is 9.10. The first-order valence-corrected chi connectivity index (χ1v) is 8.00. The Bertz CT molecular complexity index is 670. The lowest BCUT2D eigenvalue weighted by molar-refractivity contribution is -0.123. The molecule has 0 heterocycles. The SMILES string of the molecule is Cc1ccc(C)c(OCC(=O)N[C@@H](C)c2ccccc2Br)c1. The fourth-order valence-corrected chi connectivity index (χ4v) is 2.82. The number of ether oxygens (including phenoxy) is 1. The second-order valence-electron chi connectivity index (χ2n) is 5.37. The normalized spacial score (nSPS) is 11.8. The molecule has 0 radical (unpaired) electrons. The number of halogens is 1. The van der Waals surface area contributed by atoms with Gasteiger partial charge in [0, 0.05) is 4.47 Å². The molecule has 1 atom stereocenters. The summed E-state index contributed by atoms with van der Waals surface area (Å²) in [5.41, 5.74) is 3.18. The number of carbonyl (C=O) groups excluding carboxylic acids is 1. The standard InChI is InChI=1S/C18H20BrNO2/c1-12-8-9-13(2)17(10-12)22-11-18(21)20-14(3)15-6-4-5-7-16(15)19/h4-10,14H,11H2,1-3H3,(H,20,21)/t14-/m0/s1. The average Bonchev–Trinajstić information content (AvgIpc) is 2.48. The zero-order valence-corrected chi connectivity index (χ0v) is 14.6. The molecule has 116 valence electrons. The molecule has 0 aliphatic carbocycles. The Morgan fingerprint density at radius 3 is 2.68 bits per heavy atom. The van der Waals surface area contributed by atoms with E-state index in [2.05, 4.69) is 21.2 Å². The number of carbonyl (C=O) groups is 1. The Labute approximate surface area is 139 Å². The molecule has 1 amide bonds. The van der Waals surface area contributed by atoms with Crippen LogP contribution in [0.3, 0.4) is 0 Å². The quantitative estimate of drug-likeness (QED) is 0.860. The molecular weight excluding hydrogens is 342 g/mol. The van der Waals surface area contributed by atoms with Crippen LogP contribution in [0.15, 0.2) is 46.9 Å². The van der Waals surface area contributed by atoms with Gasteiger partial charge in [-0.2, -0.15) is 0 Å². The number of nitrogens with one attached hydrogen (secondary N) is 1. The molecule has 0 aliphatic rings. The topological polar surface area (TPSA) is 38.3 Å². The summed E-state index contributed by atoms with van der Waals surface area (Å²) in [6, 6.07) is 13.7. The molecule has 0 fully saturated rings. The largest absolute Gasteiger partial charge is 0.483 e. The van der Waals surface area contributed by atoms with Crippen molar-refractivity contribution in [2.75, 3.05) is 6.61 Å². The van der Waals surface area contributed by atoms with Crippen molar-refractivity contribution < 1.29 is 9.53 Å². The van der Waals surface area contributed by atoms with Crippen molar-refractivity contribution in [3.05, 3.63) is 63.6 Å². The van der Waals surface area contributed by atoms with Gasteiger partial charge in [-0.05, 0) is 49.6 Å². The molecule has 2 rings (SSSR count). The van der Waals surface area contributed by atoms with Crippen LogP contribution in [0.4, 0.5) is 0 Å². The van der Waals surface area contributed by atoms with Crippen LogP contribution >= 0.6 is 15.9 Å². The molecule has 2 aromatic carbocycles. The number of amides is 1. The minimum absolute atomic E-state index is 0.0130. The highest BCUT2D eigenvalue weighted by Gasteiger charge is 2.12. The predicted octanol–water partition coefficient (Wildman–Crippen LogP) is 4.32. The number of aryl methyl sites for hydroxylation is 2. The summed E-state index contributed by atoms with van der Waals surface area (Å²) in [6.07, 6.45) is 0. The first kappa shape index (κ1) is 16.6. The summed E-state index contributed by atoms with van der Waals surface area (Å²) in [5.74, 6) is 0.618. The van der Waals surface area contributed by atoms with E-state index in [1.165, 1.54) is 0 Å². The van der Waals surface area contributed by atoms with E-state index in [-0.39, 0.29) is 18.6 Å². The number of rotatable bonds is 5. The molecule has 3 nitrogen and oxygen atoms in total. The minimum atomic E-state index is -0.135. The van der Waals surface area contributed by atoms with Gasteiger partial charge in [-0.25, -0.2) is 0 Å². The monoisotopic (exact) mass is 361 g/mol. The van der Waals surface area contributed by atoms with Gasteiger partial charge in [0.1, 0.15) is 5.75 Å². The zero-order valence-electron chi connectivity index (χ0n) is 13.0. The van der Waals surface area contributed by atoms with Crippen molar-refractivity contribution in [2.24, 2.45) is 0 Å². The summed E-state index contributed by atoms with van der Waals surface area (Å²) in [6.45, 7) is 5.94. The molecule has 2 aromatic rings. The van der Waals surface area contributed by atoms with E-state index in [0.29, 0.717) is 0 Å². The van der Waals surface area contributed by atoms with Gasteiger partial charge in [-0.1, -0.05) is 46.3 Å². The average molecular weight is 362 g/mol. The molecule has 1 N–H and O–H groups in total. The highest BCUT2D eigenvalue weighted by Crippen LogP contribution is 2.23. The van der Waals surface area contributed by atoms with Crippen LogP contribution in [0.5, 0.6) is 5.75 Å². The maximum Gasteiger partial charge on any atom is 0.258 e. The Morgan fingerprint density at radius 2 is 1.95 bits per heavy atom. The van der Waals surface area contributed by atoms with Crippen molar-refractivity contribution in [3.8, 4) is 5.75 Å². The van der Waals surface area contributed by atoms with E-state index in [9.17, 15) is 4.79 Å². The van der Waals surface area contributed by atoms with Crippen molar-refractivity contribution >= 4 is 21.8 Å². The second-order valence-corrected chi connectivity index (χ2v) is 6.22. The van der Waals surface area contributed by atoms with Crippen molar-refractivity contribution in [3.63, 3.8) is 0 Å². The number of hydrogen-bond donors (Lipinski definition) is 1. The molecular formula is C18H20BrNO2. The number of benzene rings is 2. The summed E-state index contributed by atoms with van der Waals surface area (Å²) < 4.78 is 6.61. The van der Waals surface area contributed by atoms with Crippen LogP contribution in [-0.4, -0.2) is 12.5 Å². The van der Waals surface area contributed by atoms with Crippen LogP contribution in [-0.2, 0) is 4.79 Å². The van der Waals surface area contributed by atoms with Gasteiger partial charge in [-0.15, -0.1) is 0 Å². The van der Waals surface area contributed by atoms with Gasteiger partial charge in [-0.3, -0.25) is 4.79 Å². The molecule has 0 unspecified atom stereocenters. The van der Waals surface area contributed by atoms with Crippen LogP contribution in [0.2, 0.25) is 0 Å². The summed E-state index contributed by atoms with van der Waals surface area (Å²) in [5, 5.41) is 2.95. The summed E-state index contributed by atoms with van der Waals surface area (Å²) in [7, 11) is 0. The Balaban J connectivity index is 1.93. The van der Waals surface area contributed by atoms with E-state index < -0.39 is 0 Å². The lowest BCUT2D eigenvalue weighted by Crippen LogP contribution is -2.31. The summed E-state index contributed by atoms with van der Waals surface area (Å²) in [4.78, 5) is 12.1. The fraction of sp³-hybridized carbons (Fsp3) is 0.278. The minimum Gasteiger partial charge on any atom is -0.483 e. The molecule has 0 bridgehead atoms. The zero-order chi connectivity index (χ0) is 16.1. The molecule has 0 aliphatic heterocycles. The van der Waals surface area contributed by atoms with E-state index in [1.807, 2.05) is 63.2 Å². The first-order chi connectivity index (χ1) is 10.5. The van der Waals surface area contributed by atoms with Crippen LogP contribution in [0.25, 0.3) is 0 Å². The van der Waals surface area contributed by atoms with Gasteiger partial charge in [0.05, 0.1) is 6.04 Å². The Kier molecular flexibility index (Phi) is 5.61. The lowest BCUT2D eigenvalue weighted by Gasteiger charge is -2.16. The van der Waals surface area contributed by atoms with Gasteiger partial charge < -0.3 is 10.1 Å². The van der Waals surface area contributed by atoms with E-state index in [0.717, 1.165) is 26.9 Å². The maximum atomic E-state index is 12.1. The van der Waals surface area contributed by atoms with Gasteiger partial charge in [0.2, 0.25) is 0 Å². The lowest BCUT2D eigenvalue weighted by atomic mass is 10.1. The van der Waals surface area contributed by atoms with Crippen LogP contribution in [0.1, 0.15) is 29.7 Å². The van der Waals surface area contributed by atoms with Gasteiger partial charge in [0.15, 0.2) is 6.61 Å². The third-order valence-electron chi connectivity index (χ3n) is 3.45. The third kappa shape index (κ3) is 4.34. The predicted molar refractivity (Wildman–Crippen MR) is 92.1 cm³/mol. The maximum absolute atomic E-state index is 12.1. The van der Waals surface area contributed by atoms with Crippen LogP contribution in [0, 0.1) is 13.8 Å². The summed E-state index contributed by atoms with van der Waals surface area (Å²) >= 11 is 3.50. The Hall–Kier alpha value is -1.81. The molecule has 22 heavy (non-hydrogen) atoms. The molecule has 0 saturated carbocycles. The second kappa shape index (κ2) is 7.45. The van der Waals surface area contributed by atoms with E-state index in [1.54, 1.807) is 0 Å². The van der Waals surface area contributed by atoms with E-state index >= 15 is 0 Å². The molecule has 0 saturated heterocycles. The van der Waals surface area contributed by atoms with Gasteiger partial charge >= 0.3 is 0 Å². The van der Waals surface area contributed by atoms with Crippen molar-refractivity contribution in [2.45, 2.75) is 26.8 Å². The molecule has 0 aromatic heterocycles. The fourth-order valence-electron chi connectivity index (χ4n) is 2.19. The first-order valence-electron chi connectivity index (χ1n) is 7.21. The third-order valence-corrected chi connectivity index (χ3v) is 4.17. The highest BCUT2D eigenvalue weighted by atomic mass is 79.9. The Morgan fingerprint density at radius 1 is 1.23 bits per heavy atom. The molecule has 0 spiro atoms. The van der Waals surface area contributed by atoms with Gasteiger partial charge in [0.25, 0.3) is 5.91 Å². The van der Waals surface area contributed by atoms with Crippen LogP contribution < -0.4 is 10.1 Å². The van der Waals surface area contributed by atoms with E-state index in [4.69, 9.17) is 4.74 Å². The van der Waals surface area contributed by atoms with Crippen molar-refractivity contribution in [1.82, 2.24) is 5.32 Å². The smallest absolute Gasteiger partial charge is 0.258 e.